The molecule has 0 spiro atoms. The van der Waals surface area contributed by atoms with Gasteiger partial charge in [-0.15, -0.1) is 0 Å². The van der Waals surface area contributed by atoms with Crippen LogP contribution in [0.15, 0.2) is 18.2 Å². The molecule has 1 saturated heterocycles. The van der Waals surface area contributed by atoms with E-state index in [0.29, 0.717) is 26.2 Å². The van der Waals surface area contributed by atoms with E-state index in [1.807, 2.05) is 0 Å². The zero-order chi connectivity index (χ0) is 13.8. The minimum atomic E-state index is -0.722. The van der Waals surface area contributed by atoms with Crippen LogP contribution >= 0.6 is 0 Å². The lowest BCUT2D eigenvalue weighted by molar-refractivity contribution is -0.385. The van der Waals surface area contributed by atoms with E-state index >= 15 is 0 Å². The van der Waals surface area contributed by atoms with E-state index < -0.39 is 22.5 Å². The molecular formula is C11H12FN3O4. The van der Waals surface area contributed by atoms with Crippen LogP contribution in [0, 0.1) is 15.9 Å². The topological polar surface area (TPSA) is 84.7 Å². The molecule has 1 aliphatic rings. The summed E-state index contributed by atoms with van der Waals surface area (Å²) in [6, 6.07) is 2.74. The Morgan fingerprint density at radius 3 is 2.74 bits per heavy atom. The number of rotatable bonds is 2. The zero-order valence-electron chi connectivity index (χ0n) is 9.97. The van der Waals surface area contributed by atoms with Gasteiger partial charge in [0.2, 0.25) is 5.75 Å². The average molecular weight is 269 g/mol. The molecule has 2 rings (SSSR count). The van der Waals surface area contributed by atoms with Crippen molar-refractivity contribution in [1.29, 1.82) is 0 Å². The largest absolute Gasteiger partial charge is 0.415 e. The monoisotopic (exact) mass is 269 g/mol. The number of hydrogen-bond acceptors (Lipinski definition) is 5. The summed E-state index contributed by atoms with van der Waals surface area (Å²) in [5.41, 5.74) is -0.440. The summed E-state index contributed by atoms with van der Waals surface area (Å²) in [7, 11) is 0. The van der Waals surface area contributed by atoms with Crippen LogP contribution in [0.25, 0.3) is 0 Å². The Morgan fingerprint density at radius 1 is 1.42 bits per heavy atom. The predicted octanol–water partition coefficient (Wildman–Crippen LogP) is 1.14. The number of hydrogen-bond donors (Lipinski definition) is 1. The van der Waals surface area contributed by atoms with Crippen LogP contribution in [0.2, 0.25) is 0 Å². The van der Waals surface area contributed by atoms with Crippen LogP contribution in [0.5, 0.6) is 5.75 Å². The molecule has 0 aliphatic carbocycles. The Hall–Kier alpha value is -2.22. The van der Waals surface area contributed by atoms with E-state index in [2.05, 4.69) is 5.32 Å². The van der Waals surface area contributed by atoms with Crippen LogP contribution in [0.3, 0.4) is 0 Å². The second-order valence-electron chi connectivity index (χ2n) is 3.97. The Morgan fingerprint density at radius 2 is 2.11 bits per heavy atom. The molecule has 0 radical (unpaired) electrons. The molecule has 102 valence electrons. The number of halogens is 1. The van der Waals surface area contributed by atoms with Crippen molar-refractivity contribution < 1.29 is 18.8 Å². The van der Waals surface area contributed by atoms with Crippen LogP contribution < -0.4 is 10.1 Å². The van der Waals surface area contributed by atoms with E-state index in [9.17, 15) is 19.3 Å². The van der Waals surface area contributed by atoms with Crippen molar-refractivity contribution in [3.8, 4) is 5.75 Å². The first kappa shape index (κ1) is 13.2. The van der Waals surface area contributed by atoms with E-state index in [4.69, 9.17) is 4.74 Å². The number of nitro groups is 1. The maximum Gasteiger partial charge on any atom is 0.415 e. The summed E-state index contributed by atoms with van der Waals surface area (Å²) in [6.45, 7) is 2.14. The quantitative estimate of drug-likeness (QED) is 0.642. The van der Waals surface area contributed by atoms with Gasteiger partial charge in [0, 0.05) is 38.3 Å². The van der Waals surface area contributed by atoms with Gasteiger partial charge in [-0.05, 0) is 6.07 Å². The van der Waals surface area contributed by atoms with Crippen molar-refractivity contribution in [2.24, 2.45) is 0 Å². The van der Waals surface area contributed by atoms with Gasteiger partial charge in [-0.1, -0.05) is 0 Å². The van der Waals surface area contributed by atoms with Gasteiger partial charge in [-0.25, -0.2) is 9.18 Å². The van der Waals surface area contributed by atoms with Gasteiger partial charge in [-0.3, -0.25) is 10.1 Å². The van der Waals surface area contributed by atoms with E-state index in [1.54, 1.807) is 0 Å². The zero-order valence-corrected chi connectivity index (χ0v) is 9.97. The second-order valence-corrected chi connectivity index (χ2v) is 3.97. The number of nitrogens with one attached hydrogen (secondary N) is 1. The molecular weight excluding hydrogens is 257 g/mol. The molecule has 0 aromatic heterocycles. The van der Waals surface area contributed by atoms with Gasteiger partial charge in [-0.2, -0.15) is 0 Å². The number of carbonyl (C=O) groups is 1. The van der Waals surface area contributed by atoms with Gasteiger partial charge in [0.05, 0.1) is 4.92 Å². The van der Waals surface area contributed by atoms with Crippen molar-refractivity contribution in [3.63, 3.8) is 0 Å². The molecule has 1 N–H and O–H groups in total. The van der Waals surface area contributed by atoms with Crippen molar-refractivity contribution in [3.05, 3.63) is 34.1 Å². The van der Waals surface area contributed by atoms with Crippen LogP contribution in [-0.2, 0) is 0 Å². The Balaban J connectivity index is 2.15. The Bertz CT molecular complexity index is 503. The lowest BCUT2D eigenvalue weighted by Gasteiger charge is -2.26. The first-order chi connectivity index (χ1) is 9.08. The molecule has 7 nitrogen and oxygen atoms in total. The summed E-state index contributed by atoms with van der Waals surface area (Å²) >= 11 is 0. The van der Waals surface area contributed by atoms with Crippen LogP contribution in [0.4, 0.5) is 14.9 Å². The number of amides is 1. The maximum atomic E-state index is 13.1. The highest BCUT2D eigenvalue weighted by molar-refractivity contribution is 5.72. The SMILES string of the molecule is O=C(Oc1cc(F)ccc1[N+](=O)[O-])N1CCNCC1. The van der Waals surface area contributed by atoms with Gasteiger partial charge >= 0.3 is 11.8 Å². The molecule has 1 aromatic rings. The van der Waals surface area contributed by atoms with Gasteiger partial charge < -0.3 is 15.0 Å². The Kier molecular flexibility index (Phi) is 3.91. The number of carbonyl (C=O) groups excluding carboxylic acids is 1. The smallest absolute Gasteiger partial charge is 0.403 e. The molecule has 1 fully saturated rings. The lowest BCUT2D eigenvalue weighted by atomic mass is 10.3. The number of nitrogens with zero attached hydrogens (tertiary/aromatic N) is 2. The van der Waals surface area contributed by atoms with Crippen molar-refractivity contribution in [1.82, 2.24) is 10.2 Å². The molecule has 1 aromatic carbocycles. The van der Waals surface area contributed by atoms with E-state index in [-0.39, 0.29) is 5.75 Å². The minimum Gasteiger partial charge on any atom is -0.403 e. The molecule has 1 aliphatic heterocycles. The molecule has 19 heavy (non-hydrogen) atoms. The maximum absolute atomic E-state index is 13.1. The molecule has 8 heteroatoms. The highest BCUT2D eigenvalue weighted by atomic mass is 19.1. The third-order valence-corrected chi connectivity index (χ3v) is 2.69. The molecule has 1 amide bonds. The first-order valence-electron chi connectivity index (χ1n) is 5.69. The van der Waals surface area contributed by atoms with Crippen LogP contribution in [-0.4, -0.2) is 42.1 Å². The van der Waals surface area contributed by atoms with E-state index in [0.717, 1.165) is 18.2 Å². The van der Waals surface area contributed by atoms with Crippen molar-refractivity contribution in [2.45, 2.75) is 0 Å². The molecule has 1 heterocycles. The minimum absolute atomic E-state index is 0.381. The van der Waals surface area contributed by atoms with Crippen molar-refractivity contribution >= 4 is 11.8 Å². The summed E-state index contributed by atoms with van der Waals surface area (Å²) in [5.74, 6) is -1.08. The summed E-state index contributed by atoms with van der Waals surface area (Å²) in [4.78, 5) is 23.2. The van der Waals surface area contributed by atoms with Gasteiger partial charge in [0.1, 0.15) is 5.82 Å². The number of piperazine rings is 1. The fraction of sp³-hybridized carbons (Fsp3) is 0.364. The fourth-order valence-electron chi connectivity index (χ4n) is 1.73. The summed E-state index contributed by atoms with van der Waals surface area (Å²) < 4.78 is 18.0. The first-order valence-corrected chi connectivity index (χ1v) is 5.69. The highest BCUT2D eigenvalue weighted by Crippen LogP contribution is 2.27. The highest BCUT2D eigenvalue weighted by Gasteiger charge is 2.23. The molecule has 0 atom stereocenters. The normalized spacial score (nSPS) is 15.1. The predicted molar refractivity (Wildman–Crippen MR) is 63.5 cm³/mol. The number of ether oxygens (including phenoxy) is 1. The summed E-state index contributed by atoms with van der Waals surface area (Å²) in [5, 5.41) is 13.8. The number of benzene rings is 1. The van der Waals surface area contributed by atoms with Crippen molar-refractivity contribution in [2.75, 3.05) is 26.2 Å². The third kappa shape index (κ3) is 3.16. The van der Waals surface area contributed by atoms with Gasteiger partial charge in [0.25, 0.3) is 0 Å². The average Bonchev–Trinajstić information content (AvgIpc) is 2.39. The van der Waals surface area contributed by atoms with Gasteiger partial charge in [0.15, 0.2) is 0 Å². The Labute approximate surface area is 108 Å². The lowest BCUT2D eigenvalue weighted by Crippen LogP contribution is -2.47. The molecule has 0 bridgehead atoms. The molecule has 0 unspecified atom stereocenters. The fourth-order valence-corrected chi connectivity index (χ4v) is 1.73. The van der Waals surface area contributed by atoms with E-state index in [1.165, 1.54) is 4.90 Å². The molecule has 0 saturated carbocycles. The standard InChI is InChI=1S/C11H12FN3O4/c12-8-1-2-9(15(17)18)10(7-8)19-11(16)14-5-3-13-4-6-14/h1-2,7,13H,3-6H2. The summed E-state index contributed by atoms with van der Waals surface area (Å²) in [6.07, 6.45) is -0.713. The number of nitro benzene ring substituents is 1. The van der Waals surface area contributed by atoms with Crippen LogP contribution in [0.1, 0.15) is 0 Å². The second kappa shape index (κ2) is 5.61. The third-order valence-electron chi connectivity index (χ3n) is 2.69.